The van der Waals surface area contributed by atoms with Crippen molar-refractivity contribution in [2.75, 3.05) is 19.5 Å². The lowest BCUT2D eigenvalue weighted by atomic mass is 9.83. The first-order valence-corrected chi connectivity index (χ1v) is 7.08. The number of rotatable bonds is 5. The summed E-state index contributed by atoms with van der Waals surface area (Å²) in [7, 11) is 3.20. The van der Waals surface area contributed by atoms with Gasteiger partial charge in [0.15, 0.2) is 0 Å². The van der Waals surface area contributed by atoms with Crippen molar-refractivity contribution < 1.29 is 14.3 Å². The molecule has 0 heterocycles. The number of carbonyl (C=O) groups is 1. The van der Waals surface area contributed by atoms with Crippen LogP contribution in [0.3, 0.4) is 0 Å². The van der Waals surface area contributed by atoms with E-state index in [1.54, 1.807) is 20.3 Å². The minimum Gasteiger partial charge on any atom is -0.497 e. The minimum atomic E-state index is -0.727. The minimum absolute atomic E-state index is 0.106. The van der Waals surface area contributed by atoms with Crippen molar-refractivity contribution >= 4 is 11.6 Å². The van der Waals surface area contributed by atoms with Crippen LogP contribution < -0.4 is 14.8 Å². The molecule has 22 heavy (non-hydrogen) atoms. The maximum absolute atomic E-state index is 12.7. The fraction of sp³-hybridized carbons (Fsp3) is 0.278. The highest BCUT2D eigenvalue weighted by molar-refractivity contribution is 5.99. The van der Waals surface area contributed by atoms with Crippen LogP contribution in [-0.2, 0) is 10.2 Å². The first kappa shape index (κ1) is 15.9. The van der Waals surface area contributed by atoms with Gasteiger partial charge in [-0.3, -0.25) is 4.79 Å². The van der Waals surface area contributed by atoms with Crippen LogP contribution in [0.2, 0.25) is 0 Å². The van der Waals surface area contributed by atoms with Crippen LogP contribution in [0.25, 0.3) is 0 Å². The standard InChI is InChI=1S/C18H21NO3/c1-18(2,15-10-5-6-11-16(15)22-4)17(20)19-13-8-7-9-14(12-13)21-3/h5-12H,1-4H3,(H,19,20). The third-order valence-corrected chi connectivity index (χ3v) is 3.68. The van der Waals surface area contributed by atoms with E-state index in [9.17, 15) is 4.79 Å². The lowest BCUT2D eigenvalue weighted by Gasteiger charge is -2.26. The van der Waals surface area contributed by atoms with E-state index < -0.39 is 5.41 Å². The number of para-hydroxylation sites is 1. The monoisotopic (exact) mass is 299 g/mol. The van der Waals surface area contributed by atoms with E-state index in [4.69, 9.17) is 9.47 Å². The summed E-state index contributed by atoms with van der Waals surface area (Å²) < 4.78 is 10.5. The fourth-order valence-corrected chi connectivity index (χ4v) is 2.27. The number of hydrogen-bond acceptors (Lipinski definition) is 3. The van der Waals surface area contributed by atoms with Crippen molar-refractivity contribution in [3.63, 3.8) is 0 Å². The van der Waals surface area contributed by atoms with Gasteiger partial charge in [-0.1, -0.05) is 24.3 Å². The molecule has 4 heteroatoms. The van der Waals surface area contributed by atoms with Crippen LogP contribution in [0.15, 0.2) is 48.5 Å². The van der Waals surface area contributed by atoms with Crippen LogP contribution in [0.1, 0.15) is 19.4 Å². The first-order chi connectivity index (χ1) is 10.5. The third kappa shape index (κ3) is 3.22. The quantitative estimate of drug-likeness (QED) is 0.917. The van der Waals surface area contributed by atoms with Crippen molar-refractivity contribution in [2.24, 2.45) is 0 Å². The Kier molecular flexibility index (Phi) is 4.71. The summed E-state index contributed by atoms with van der Waals surface area (Å²) in [5.41, 5.74) is 0.820. The molecule has 0 atom stereocenters. The molecule has 0 unspecified atom stereocenters. The molecule has 0 aliphatic rings. The molecule has 116 valence electrons. The van der Waals surface area contributed by atoms with Gasteiger partial charge in [0, 0.05) is 17.3 Å². The SMILES string of the molecule is COc1cccc(NC(=O)C(C)(C)c2ccccc2OC)c1. The Morgan fingerprint density at radius 3 is 2.41 bits per heavy atom. The first-order valence-electron chi connectivity index (χ1n) is 7.08. The lowest BCUT2D eigenvalue weighted by Crippen LogP contribution is -2.35. The number of benzene rings is 2. The van der Waals surface area contributed by atoms with Crippen molar-refractivity contribution in [3.05, 3.63) is 54.1 Å². The molecule has 0 fully saturated rings. The van der Waals surface area contributed by atoms with Crippen LogP contribution >= 0.6 is 0 Å². The summed E-state index contributed by atoms with van der Waals surface area (Å²) in [4.78, 5) is 12.7. The second-order valence-electron chi connectivity index (χ2n) is 5.51. The number of anilines is 1. The van der Waals surface area contributed by atoms with Gasteiger partial charge in [0.2, 0.25) is 5.91 Å². The normalized spacial score (nSPS) is 10.9. The van der Waals surface area contributed by atoms with Gasteiger partial charge in [-0.25, -0.2) is 0 Å². The Morgan fingerprint density at radius 1 is 1.00 bits per heavy atom. The van der Waals surface area contributed by atoms with E-state index in [0.29, 0.717) is 17.2 Å². The second kappa shape index (κ2) is 6.52. The van der Waals surface area contributed by atoms with Gasteiger partial charge < -0.3 is 14.8 Å². The topological polar surface area (TPSA) is 47.6 Å². The van der Waals surface area contributed by atoms with E-state index in [0.717, 1.165) is 5.56 Å². The van der Waals surface area contributed by atoms with Gasteiger partial charge in [0.1, 0.15) is 11.5 Å². The highest BCUT2D eigenvalue weighted by Gasteiger charge is 2.32. The number of methoxy groups -OCH3 is 2. The van der Waals surface area contributed by atoms with Crippen molar-refractivity contribution in [2.45, 2.75) is 19.3 Å². The summed E-state index contributed by atoms with van der Waals surface area (Å²) in [6, 6.07) is 14.8. The maximum Gasteiger partial charge on any atom is 0.234 e. The molecular formula is C18H21NO3. The lowest BCUT2D eigenvalue weighted by molar-refractivity contribution is -0.120. The zero-order valence-corrected chi connectivity index (χ0v) is 13.3. The van der Waals surface area contributed by atoms with Gasteiger partial charge in [-0.2, -0.15) is 0 Å². The highest BCUT2D eigenvalue weighted by Crippen LogP contribution is 2.32. The molecule has 2 aromatic carbocycles. The van der Waals surface area contributed by atoms with Crippen LogP contribution in [0.5, 0.6) is 11.5 Å². The Hall–Kier alpha value is -2.49. The number of hydrogen-bond donors (Lipinski definition) is 1. The third-order valence-electron chi connectivity index (χ3n) is 3.68. The van der Waals surface area contributed by atoms with Crippen molar-refractivity contribution in [3.8, 4) is 11.5 Å². The van der Waals surface area contributed by atoms with Gasteiger partial charge in [0.25, 0.3) is 0 Å². The molecular weight excluding hydrogens is 278 g/mol. The average Bonchev–Trinajstić information content (AvgIpc) is 2.54. The predicted octanol–water partition coefficient (Wildman–Crippen LogP) is 3.62. The zero-order chi connectivity index (χ0) is 16.2. The molecule has 0 bridgehead atoms. The number of amides is 1. The number of ether oxygens (including phenoxy) is 2. The Labute approximate surface area is 131 Å². The van der Waals surface area contributed by atoms with Gasteiger partial charge in [-0.15, -0.1) is 0 Å². The van der Waals surface area contributed by atoms with E-state index in [-0.39, 0.29) is 5.91 Å². The largest absolute Gasteiger partial charge is 0.497 e. The maximum atomic E-state index is 12.7. The average molecular weight is 299 g/mol. The number of nitrogens with one attached hydrogen (secondary N) is 1. The van der Waals surface area contributed by atoms with Gasteiger partial charge in [0.05, 0.1) is 19.6 Å². The Bertz CT molecular complexity index is 665. The molecule has 0 saturated heterocycles. The second-order valence-corrected chi connectivity index (χ2v) is 5.51. The summed E-state index contributed by atoms with van der Waals surface area (Å²) in [6.45, 7) is 3.75. The molecule has 0 aliphatic carbocycles. The molecule has 2 aromatic rings. The smallest absolute Gasteiger partial charge is 0.234 e. The van der Waals surface area contributed by atoms with Gasteiger partial charge >= 0.3 is 0 Å². The predicted molar refractivity (Wildman–Crippen MR) is 87.6 cm³/mol. The van der Waals surface area contributed by atoms with Crippen LogP contribution in [-0.4, -0.2) is 20.1 Å². The van der Waals surface area contributed by atoms with E-state index in [1.165, 1.54) is 0 Å². The molecule has 4 nitrogen and oxygen atoms in total. The summed E-state index contributed by atoms with van der Waals surface area (Å²) >= 11 is 0. The molecule has 0 saturated carbocycles. The van der Waals surface area contributed by atoms with Gasteiger partial charge in [-0.05, 0) is 32.0 Å². The molecule has 0 aliphatic heterocycles. The summed E-state index contributed by atoms with van der Waals surface area (Å²) in [5, 5.41) is 2.93. The summed E-state index contributed by atoms with van der Waals surface area (Å²) in [5.74, 6) is 1.30. The fourth-order valence-electron chi connectivity index (χ4n) is 2.27. The Morgan fingerprint density at radius 2 is 1.73 bits per heavy atom. The number of carbonyl (C=O) groups excluding carboxylic acids is 1. The zero-order valence-electron chi connectivity index (χ0n) is 13.3. The molecule has 0 spiro atoms. The van der Waals surface area contributed by atoms with Crippen LogP contribution in [0.4, 0.5) is 5.69 Å². The van der Waals surface area contributed by atoms with E-state index >= 15 is 0 Å². The molecule has 0 aromatic heterocycles. The summed E-state index contributed by atoms with van der Waals surface area (Å²) in [6.07, 6.45) is 0. The molecule has 2 rings (SSSR count). The van der Waals surface area contributed by atoms with Crippen molar-refractivity contribution in [1.82, 2.24) is 0 Å². The van der Waals surface area contributed by atoms with Crippen LogP contribution in [0, 0.1) is 0 Å². The molecule has 0 radical (unpaired) electrons. The van der Waals surface area contributed by atoms with E-state index in [1.807, 2.05) is 56.3 Å². The molecule has 1 amide bonds. The molecule has 1 N–H and O–H groups in total. The van der Waals surface area contributed by atoms with E-state index in [2.05, 4.69) is 5.32 Å². The van der Waals surface area contributed by atoms with Crippen molar-refractivity contribution in [1.29, 1.82) is 0 Å². The highest BCUT2D eigenvalue weighted by atomic mass is 16.5. The Balaban J connectivity index is 2.26.